The number of carbonyl (C=O) groups excluding carboxylic acids is 2. The quantitative estimate of drug-likeness (QED) is 0.315. The number of H-pyrrole nitrogens is 1. The van der Waals surface area contributed by atoms with Crippen molar-refractivity contribution in [3.8, 4) is 22.4 Å². The van der Waals surface area contributed by atoms with Crippen LogP contribution in [-0.4, -0.2) is 37.7 Å². The second kappa shape index (κ2) is 8.97. The van der Waals surface area contributed by atoms with Crippen molar-refractivity contribution in [3.05, 3.63) is 66.1 Å². The van der Waals surface area contributed by atoms with Gasteiger partial charge in [0.15, 0.2) is 0 Å². The lowest BCUT2D eigenvalue weighted by molar-refractivity contribution is -0.111. The minimum absolute atomic E-state index is 0.243. The Morgan fingerprint density at radius 3 is 2.62 bits per heavy atom. The highest BCUT2D eigenvalue weighted by Crippen LogP contribution is 2.41. The molecular weight excluding hydrogens is 430 g/mol. The Balaban J connectivity index is 2.00. The molecule has 8 nitrogen and oxygen atoms in total. The van der Waals surface area contributed by atoms with E-state index in [0.717, 1.165) is 38.9 Å². The fourth-order valence-corrected chi connectivity index (χ4v) is 3.94. The van der Waals surface area contributed by atoms with Gasteiger partial charge in [0, 0.05) is 41.6 Å². The van der Waals surface area contributed by atoms with Crippen molar-refractivity contribution < 1.29 is 14.3 Å². The van der Waals surface area contributed by atoms with E-state index in [9.17, 15) is 9.59 Å². The van der Waals surface area contributed by atoms with Crippen molar-refractivity contribution in [2.24, 2.45) is 7.05 Å². The molecule has 1 amide bonds. The summed E-state index contributed by atoms with van der Waals surface area (Å²) in [4.78, 5) is 32.7. The van der Waals surface area contributed by atoms with Crippen molar-refractivity contribution in [3.63, 3.8) is 0 Å². The zero-order chi connectivity index (χ0) is 24.6. The molecule has 0 aliphatic rings. The van der Waals surface area contributed by atoms with Crippen LogP contribution in [0.1, 0.15) is 35.3 Å². The van der Waals surface area contributed by atoms with Gasteiger partial charge >= 0.3 is 5.97 Å². The number of nitrogens with zero attached hydrogens (tertiary/aromatic N) is 3. The van der Waals surface area contributed by atoms with Crippen LogP contribution in [0.5, 0.6) is 0 Å². The molecule has 0 bridgehead atoms. The Labute approximate surface area is 197 Å². The van der Waals surface area contributed by atoms with Gasteiger partial charge in [-0.2, -0.15) is 5.10 Å². The molecule has 1 aromatic carbocycles. The normalized spacial score (nSPS) is 11.1. The molecule has 0 atom stereocenters. The summed E-state index contributed by atoms with van der Waals surface area (Å²) in [6, 6.07) is 5.84. The van der Waals surface area contributed by atoms with E-state index in [-0.39, 0.29) is 12.0 Å². The van der Waals surface area contributed by atoms with Crippen LogP contribution in [0.15, 0.2) is 49.4 Å². The summed E-state index contributed by atoms with van der Waals surface area (Å²) in [5.74, 6) is -0.706. The summed E-state index contributed by atoms with van der Waals surface area (Å²) in [7, 11) is 1.85. The first-order chi connectivity index (χ1) is 16.2. The van der Waals surface area contributed by atoms with Gasteiger partial charge in [0.25, 0.3) is 0 Å². The average molecular weight is 458 g/mol. The van der Waals surface area contributed by atoms with Crippen LogP contribution in [-0.2, 0) is 16.6 Å². The molecule has 4 aromatic rings. The van der Waals surface area contributed by atoms with E-state index in [4.69, 9.17) is 4.74 Å². The molecule has 0 aliphatic heterocycles. The number of carbonyl (C=O) groups is 2. The fourth-order valence-electron chi connectivity index (χ4n) is 3.94. The van der Waals surface area contributed by atoms with Gasteiger partial charge in [-0.15, -0.1) is 0 Å². The lowest BCUT2D eigenvalue weighted by Crippen LogP contribution is -2.13. The van der Waals surface area contributed by atoms with Crippen molar-refractivity contribution in [2.75, 3.05) is 5.32 Å². The molecule has 2 N–H and O–H groups in total. The van der Waals surface area contributed by atoms with Gasteiger partial charge in [-0.25, -0.2) is 9.78 Å². The van der Waals surface area contributed by atoms with Crippen LogP contribution < -0.4 is 5.32 Å². The highest BCUT2D eigenvalue weighted by Gasteiger charge is 2.23. The number of aromatic amines is 1. The zero-order valence-electron chi connectivity index (χ0n) is 19.9. The number of ether oxygens (including phenoxy) is 1. The lowest BCUT2D eigenvalue weighted by Gasteiger charge is -2.13. The van der Waals surface area contributed by atoms with E-state index in [1.54, 1.807) is 17.1 Å². The van der Waals surface area contributed by atoms with Crippen LogP contribution in [0.3, 0.4) is 0 Å². The van der Waals surface area contributed by atoms with Gasteiger partial charge in [0.05, 0.1) is 23.6 Å². The molecule has 0 saturated heterocycles. The van der Waals surface area contributed by atoms with Gasteiger partial charge in [-0.3, -0.25) is 9.48 Å². The second-order valence-electron chi connectivity index (χ2n) is 8.48. The first-order valence-corrected chi connectivity index (χ1v) is 10.9. The molecule has 34 heavy (non-hydrogen) atoms. The summed E-state index contributed by atoms with van der Waals surface area (Å²) < 4.78 is 7.16. The predicted molar refractivity (Wildman–Crippen MR) is 133 cm³/mol. The number of hydrogen-bond donors (Lipinski definition) is 2. The van der Waals surface area contributed by atoms with E-state index in [0.29, 0.717) is 16.9 Å². The highest BCUT2D eigenvalue weighted by atomic mass is 16.5. The third kappa shape index (κ3) is 4.22. The maximum atomic E-state index is 12.8. The highest BCUT2D eigenvalue weighted by molar-refractivity contribution is 6.08. The second-order valence-corrected chi connectivity index (χ2v) is 8.48. The number of benzene rings is 1. The summed E-state index contributed by atoms with van der Waals surface area (Å²) >= 11 is 0. The van der Waals surface area contributed by atoms with Gasteiger partial charge in [-0.1, -0.05) is 18.7 Å². The maximum absolute atomic E-state index is 12.8. The number of amides is 1. The van der Waals surface area contributed by atoms with Crippen molar-refractivity contribution >= 4 is 28.6 Å². The third-order valence-electron chi connectivity index (χ3n) is 5.61. The van der Waals surface area contributed by atoms with Crippen LogP contribution in [0, 0.1) is 13.8 Å². The standard InChI is InChI=1S/C26H27N5O3/c1-7-21(32)29-20-10-17(9-8-15(20)4)23-22-16(5)19(26(33)34-14(2)3)12-27-25(22)30-24(23)18-11-28-31(6)13-18/h7-14H,1H2,2-6H3,(H,27,30)(H,29,32). The SMILES string of the molecule is C=CC(=O)Nc1cc(-c2c(-c3cnn(C)c3)[nH]c3ncc(C(=O)OC(C)C)c(C)c23)ccc1C. The first kappa shape index (κ1) is 23.0. The van der Waals surface area contributed by atoms with E-state index < -0.39 is 5.97 Å². The number of pyridine rings is 1. The van der Waals surface area contributed by atoms with Gasteiger partial charge in [-0.05, 0) is 56.5 Å². The van der Waals surface area contributed by atoms with Crippen molar-refractivity contribution in [1.29, 1.82) is 0 Å². The van der Waals surface area contributed by atoms with Gasteiger partial charge < -0.3 is 15.0 Å². The molecule has 0 unspecified atom stereocenters. The van der Waals surface area contributed by atoms with E-state index in [1.807, 2.05) is 59.1 Å². The number of hydrogen-bond acceptors (Lipinski definition) is 5. The molecule has 0 radical (unpaired) electrons. The summed E-state index contributed by atoms with van der Waals surface area (Å²) in [5, 5.41) is 7.99. The average Bonchev–Trinajstić information content (AvgIpc) is 3.38. The molecule has 8 heteroatoms. The third-order valence-corrected chi connectivity index (χ3v) is 5.61. The summed E-state index contributed by atoms with van der Waals surface area (Å²) in [6.07, 6.45) is 6.21. The Morgan fingerprint density at radius 1 is 1.21 bits per heavy atom. The monoisotopic (exact) mass is 457 g/mol. The van der Waals surface area contributed by atoms with E-state index >= 15 is 0 Å². The first-order valence-electron chi connectivity index (χ1n) is 10.9. The molecule has 3 heterocycles. The number of aryl methyl sites for hydroxylation is 3. The summed E-state index contributed by atoms with van der Waals surface area (Å²) in [5.41, 5.74) is 6.81. The molecule has 4 rings (SSSR count). The van der Waals surface area contributed by atoms with Gasteiger partial charge in [0.2, 0.25) is 5.91 Å². The molecule has 0 spiro atoms. The number of anilines is 1. The molecule has 0 fully saturated rings. The van der Waals surface area contributed by atoms with Crippen LogP contribution in [0.2, 0.25) is 0 Å². The van der Waals surface area contributed by atoms with E-state index in [2.05, 4.69) is 27.0 Å². The largest absolute Gasteiger partial charge is 0.459 e. The molecule has 3 aromatic heterocycles. The number of aromatic nitrogens is 4. The van der Waals surface area contributed by atoms with E-state index in [1.165, 1.54) is 6.08 Å². The zero-order valence-corrected chi connectivity index (χ0v) is 19.9. The Bertz CT molecular complexity index is 1430. The lowest BCUT2D eigenvalue weighted by atomic mass is 9.95. The van der Waals surface area contributed by atoms with Crippen molar-refractivity contribution in [1.82, 2.24) is 19.7 Å². The minimum atomic E-state index is -0.417. The topological polar surface area (TPSA) is 102 Å². The van der Waals surface area contributed by atoms with Crippen LogP contribution in [0.25, 0.3) is 33.4 Å². The molecule has 0 aliphatic carbocycles. The number of fused-ring (bicyclic) bond motifs is 1. The number of rotatable bonds is 6. The smallest absolute Gasteiger partial charge is 0.340 e. The van der Waals surface area contributed by atoms with Crippen molar-refractivity contribution in [2.45, 2.75) is 33.8 Å². The van der Waals surface area contributed by atoms with Crippen LogP contribution in [0.4, 0.5) is 5.69 Å². The molecule has 174 valence electrons. The fraction of sp³-hybridized carbons (Fsp3) is 0.231. The van der Waals surface area contributed by atoms with Crippen LogP contribution >= 0.6 is 0 Å². The number of nitrogens with one attached hydrogen (secondary N) is 2. The Kier molecular flexibility index (Phi) is 6.06. The van der Waals surface area contributed by atoms with Gasteiger partial charge in [0.1, 0.15) is 5.65 Å². The predicted octanol–water partition coefficient (Wildman–Crippen LogP) is 4.94. The summed E-state index contributed by atoms with van der Waals surface area (Å²) in [6.45, 7) is 11.0. The Hall–Kier alpha value is -4.20. The molecular formula is C26H27N5O3. The minimum Gasteiger partial charge on any atom is -0.459 e. The maximum Gasteiger partial charge on any atom is 0.340 e. The number of esters is 1. The Morgan fingerprint density at radius 2 is 1.97 bits per heavy atom. The molecule has 0 saturated carbocycles.